The first-order valence-electron chi connectivity index (χ1n) is 7.93. The minimum atomic E-state index is -0.531. The Hall–Kier alpha value is -3.61. The Kier molecular flexibility index (Phi) is 3.69. The second-order valence-corrected chi connectivity index (χ2v) is 5.80. The maximum absolute atomic E-state index is 12.6. The van der Waals surface area contributed by atoms with Crippen LogP contribution in [0.4, 0.5) is 0 Å². The molecule has 26 heavy (non-hydrogen) atoms. The Labute approximate surface area is 147 Å². The molecule has 0 atom stereocenters. The van der Waals surface area contributed by atoms with Crippen LogP contribution in [0.2, 0.25) is 0 Å². The number of hydrogen-bond acceptors (Lipinski definition) is 5. The van der Waals surface area contributed by atoms with Crippen LogP contribution in [0.25, 0.3) is 21.9 Å². The number of hydrogen-bond donors (Lipinski definition) is 1. The van der Waals surface area contributed by atoms with Gasteiger partial charge in [-0.25, -0.2) is 9.66 Å². The Morgan fingerprint density at radius 3 is 2.81 bits per heavy atom. The van der Waals surface area contributed by atoms with E-state index in [1.807, 2.05) is 0 Å². The molecule has 0 bridgehead atoms. The summed E-state index contributed by atoms with van der Waals surface area (Å²) in [5.41, 5.74) is 3.96. The van der Waals surface area contributed by atoms with E-state index in [0.717, 1.165) is 10.1 Å². The zero-order valence-corrected chi connectivity index (χ0v) is 14.1. The van der Waals surface area contributed by atoms with Crippen molar-refractivity contribution < 1.29 is 13.9 Å². The van der Waals surface area contributed by atoms with Crippen LogP contribution < -0.4 is 15.7 Å². The normalized spacial score (nSPS) is 11.0. The summed E-state index contributed by atoms with van der Waals surface area (Å²) in [7, 11) is 1.57. The van der Waals surface area contributed by atoms with Gasteiger partial charge in [-0.05, 0) is 37.3 Å². The molecule has 0 saturated carbocycles. The molecule has 4 aromatic rings. The van der Waals surface area contributed by atoms with E-state index in [0.29, 0.717) is 27.8 Å². The molecule has 2 aromatic carbocycles. The number of nitrogens with one attached hydrogen (secondary N) is 1. The number of amides is 1. The Morgan fingerprint density at radius 2 is 2.00 bits per heavy atom. The van der Waals surface area contributed by atoms with Gasteiger partial charge in [-0.15, -0.1) is 0 Å². The fraction of sp³-hybridized carbons (Fsp3) is 0.105. The van der Waals surface area contributed by atoms with Crippen LogP contribution in [-0.4, -0.2) is 22.7 Å². The second kappa shape index (κ2) is 6.03. The molecule has 2 heterocycles. The summed E-state index contributed by atoms with van der Waals surface area (Å²) in [6.07, 6.45) is 1.28. The molecule has 0 spiro atoms. The van der Waals surface area contributed by atoms with Gasteiger partial charge >= 0.3 is 5.91 Å². The number of fused-ring (bicyclic) bond motifs is 2. The molecular weight excluding hydrogens is 334 g/mol. The number of ether oxygens (including phenoxy) is 1. The smallest absolute Gasteiger partial charge is 0.306 e. The number of nitrogens with zero attached hydrogens (tertiary/aromatic N) is 2. The van der Waals surface area contributed by atoms with Crippen molar-refractivity contribution in [1.29, 1.82) is 0 Å². The number of aromatic nitrogens is 2. The number of rotatable bonds is 3. The maximum atomic E-state index is 12.6. The molecule has 1 amide bonds. The van der Waals surface area contributed by atoms with Gasteiger partial charge in [0.25, 0.3) is 5.56 Å². The van der Waals surface area contributed by atoms with Gasteiger partial charge in [0.2, 0.25) is 0 Å². The molecule has 0 saturated heterocycles. The SMILES string of the molecule is COc1ccc2oc(C(=O)Nn3cnc4ccccc4c3=O)c(C)c2c1. The monoisotopic (exact) mass is 349 g/mol. The van der Waals surface area contributed by atoms with E-state index in [9.17, 15) is 9.59 Å². The van der Waals surface area contributed by atoms with Gasteiger partial charge in [-0.2, -0.15) is 0 Å². The lowest BCUT2D eigenvalue weighted by atomic mass is 10.1. The van der Waals surface area contributed by atoms with Crippen molar-refractivity contribution in [2.75, 3.05) is 12.5 Å². The van der Waals surface area contributed by atoms with Crippen molar-refractivity contribution in [2.24, 2.45) is 0 Å². The third-order valence-corrected chi connectivity index (χ3v) is 4.24. The van der Waals surface area contributed by atoms with E-state index in [1.165, 1.54) is 6.33 Å². The Balaban J connectivity index is 1.73. The lowest BCUT2D eigenvalue weighted by Crippen LogP contribution is -2.33. The summed E-state index contributed by atoms with van der Waals surface area (Å²) in [5, 5.41) is 1.19. The van der Waals surface area contributed by atoms with E-state index in [-0.39, 0.29) is 11.3 Å². The lowest BCUT2D eigenvalue weighted by molar-refractivity contribution is 0.0982. The number of methoxy groups -OCH3 is 1. The molecule has 7 heteroatoms. The van der Waals surface area contributed by atoms with Gasteiger partial charge < -0.3 is 9.15 Å². The van der Waals surface area contributed by atoms with E-state index in [1.54, 1.807) is 56.5 Å². The Bertz CT molecular complexity index is 1210. The summed E-state index contributed by atoms with van der Waals surface area (Å²) in [6, 6.07) is 12.2. The molecule has 4 rings (SSSR count). The van der Waals surface area contributed by atoms with Gasteiger partial charge in [0.1, 0.15) is 17.7 Å². The Morgan fingerprint density at radius 1 is 1.19 bits per heavy atom. The van der Waals surface area contributed by atoms with Crippen LogP contribution in [-0.2, 0) is 0 Å². The topological polar surface area (TPSA) is 86.4 Å². The predicted octanol–water partition coefficient (Wildman–Crippen LogP) is 2.84. The number of carbonyl (C=O) groups is 1. The number of para-hydroxylation sites is 1. The largest absolute Gasteiger partial charge is 0.497 e. The lowest BCUT2D eigenvalue weighted by Gasteiger charge is -2.07. The van der Waals surface area contributed by atoms with E-state index >= 15 is 0 Å². The maximum Gasteiger partial charge on any atom is 0.306 e. The average molecular weight is 349 g/mol. The summed E-state index contributed by atoms with van der Waals surface area (Å²) >= 11 is 0. The van der Waals surface area contributed by atoms with Crippen molar-refractivity contribution in [1.82, 2.24) is 9.66 Å². The minimum Gasteiger partial charge on any atom is -0.497 e. The van der Waals surface area contributed by atoms with E-state index in [2.05, 4.69) is 10.4 Å². The standard InChI is InChI=1S/C19H15N3O4/c1-11-14-9-12(25-2)7-8-16(14)26-17(11)18(23)21-22-10-20-15-6-4-3-5-13(15)19(22)24/h3-10H,1-2H3,(H,21,23). The zero-order chi connectivity index (χ0) is 18.3. The van der Waals surface area contributed by atoms with Crippen LogP contribution in [0, 0.1) is 6.92 Å². The third-order valence-electron chi connectivity index (χ3n) is 4.24. The molecule has 0 aliphatic rings. The zero-order valence-electron chi connectivity index (χ0n) is 14.1. The van der Waals surface area contributed by atoms with Gasteiger partial charge in [0.15, 0.2) is 5.76 Å². The molecule has 0 unspecified atom stereocenters. The molecule has 2 aromatic heterocycles. The van der Waals surface area contributed by atoms with Gasteiger partial charge in [-0.1, -0.05) is 12.1 Å². The summed E-state index contributed by atoms with van der Waals surface area (Å²) in [5.74, 6) is 0.272. The van der Waals surface area contributed by atoms with Crippen LogP contribution >= 0.6 is 0 Å². The van der Waals surface area contributed by atoms with Crippen molar-refractivity contribution in [2.45, 2.75) is 6.92 Å². The van der Waals surface area contributed by atoms with Gasteiger partial charge in [0, 0.05) is 10.9 Å². The summed E-state index contributed by atoms with van der Waals surface area (Å²) in [6.45, 7) is 1.78. The quantitative estimate of drug-likeness (QED) is 0.615. The number of furan rings is 1. The first-order valence-corrected chi connectivity index (χ1v) is 7.93. The summed E-state index contributed by atoms with van der Waals surface area (Å²) in [4.78, 5) is 29.3. The van der Waals surface area contributed by atoms with Crippen molar-refractivity contribution in [3.63, 3.8) is 0 Å². The molecule has 7 nitrogen and oxygen atoms in total. The van der Waals surface area contributed by atoms with Crippen molar-refractivity contribution >= 4 is 27.8 Å². The highest BCUT2D eigenvalue weighted by Crippen LogP contribution is 2.28. The first-order chi connectivity index (χ1) is 12.6. The predicted molar refractivity (Wildman–Crippen MR) is 97.2 cm³/mol. The van der Waals surface area contributed by atoms with Crippen molar-refractivity contribution in [3.05, 3.63) is 70.5 Å². The molecule has 1 N–H and O–H groups in total. The molecule has 0 radical (unpaired) electrons. The average Bonchev–Trinajstić information content (AvgIpc) is 3.00. The fourth-order valence-electron chi connectivity index (χ4n) is 2.85. The highest BCUT2D eigenvalue weighted by atomic mass is 16.5. The highest BCUT2D eigenvalue weighted by Gasteiger charge is 2.19. The van der Waals surface area contributed by atoms with Crippen molar-refractivity contribution in [3.8, 4) is 5.75 Å². The molecular formula is C19H15N3O4. The molecule has 0 fully saturated rings. The van der Waals surface area contributed by atoms with E-state index in [4.69, 9.17) is 9.15 Å². The van der Waals surface area contributed by atoms with Gasteiger partial charge in [0.05, 0.1) is 18.0 Å². The number of aryl methyl sites for hydroxylation is 1. The van der Waals surface area contributed by atoms with E-state index < -0.39 is 5.91 Å². The number of benzene rings is 2. The van der Waals surface area contributed by atoms with Crippen LogP contribution in [0.1, 0.15) is 16.1 Å². The summed E-state index contributed by atoms with van der Waals surface area (Å²) < 4.78 is 11.9. The minimum absolute atomic E-state index is 0.133. The molecule has 0 aliphatic carbocycles. The number of carbonyl (C=O) groups excluding carboxylic acids is 1. The second-order valence-electron chi connectivity index (χ2n) is 5.80. The first kappa shape index (κ1) is 15.9. The highest BCUT2D eigenvalue weighted by molar-refractivity contribution is 6.03. The third kappa shape index (κ3) is 2.50. The van der Waals surface area contributed by atoms with Crippen LogP contribution in [0.15, 0.2) is 58.0 Å². The fourth-order valence-corrected chi connectivity index (χ4v) is 2.85. The van der Waals surface area contributed by atoms with Crippen LogP contribution in [0.5, 0.6) is 5.75 Å². The van der Waals surface area contributed by atoms with Gasteiger partial charge in [-0.3, -0.25) is 15.0 Å². The molecule has 130 valence electrons. The molecule has 0 aliphatic heterocycles. The van der Waals surface area contributed by atoms with Crippen LogP contribution in [0.3, 0.4) is 0 Å².